The van der Waals surface area contributed by atoms with Gasteiger partial charge in [0.1, 0.15) is 11.3 Å². The molecule has 0 bridgehead atoms. The molecule has 0 atom stereocenters. The second-order valence-electron chi connectivity index (χ2n) is 6.55. The van der Waals surface area contributed by atoms with Crippen molar-refractivity contribution in [3.8, 4) is 5.75 Å². The van der Waals surface area contributed by atoms with Gasteiger partial charge in [-0.15, -0.1) is 5.10 Å². The molecule has 1 saturated heterocycles. The van der Waals surface area contributed by atoms with Gasteiger partial charge in [0, 0.05) is 12.0 Å². The van der Waals surface area contributed by atoms with Gasteiger partial charge < -0.3 is 9.47 Å². The third-order valence-electron chi connectivity index (χ3n) is 4.20. The average Bonchev–Trinajstić information content (AvgIpc) is 3.16. The van der Waals surface area contributed by atoms with Crippen LogP contribution in [0.2, 0.25) is 0 Å². The van der Waals surface area contributed by atoms with Gasteiger partial charge in [-0.05, 0) is 46.8 Å². The van der Waals surface area contributed by atoms with Gasteiger partial charge in [-0.3, -0.25) is 0 Å². The third-order valence-corrected chi connectivity index (χ3v) is 4.96. The average molecular weight is 352 g/mol. The van der Waals surface area contributed by atoms with Crippen molar-refractivity contribution >= 4 is 27.0 Å². The van der Waals surface area contributed by atoms with E-state index in [1.54, 1.807) is 0 Å². The first-order valence-electron chi connectivity index (χ1n) is 7.37. The van der Waals surface area contributed by atoms with E-state index < -0.39 is 0 Å². The standard InChI is InChI=1S/C15H18BrN3O2/c1-15(7-20-8-15)9-21-12-5-4-11-14(13(12)16)17-18-19(11)6-10-2-3-10/h4-5,10H,2-3,6-9H2,1H3. The minimum Gasteiger partial charge on any atom is -0.492 e. The van der Waals surface area contributed by atoms with Gasteiger partial charge in [0.2, 0.25) is 0 Å². The van der Waals surface area contributed by atoms with E-state index in [9.17, 15) is 0 Å². The smallest absolute Gasteiger partial charge is 0.135 e. The Morgan fingerprint density at radius 1 is 1.43 bits per heavy atom. The lowest BCUT2D eigenvalue weighted by Crippen LogP contribution is -2.44. The number of hydrogen-bond donors (Lipinski definition) is 0. The van der Waals surface area contributed by atoms with Gasteiger partial charge in [0.05, 0.1) is 29.8 Å². The maximum atomic E-state index is 5.95. The largest absolute Gasteiger partial charge is 0.492 e. The molecule has 1 aromatic heterocycles. The molecule has 2 aliphatic rings. The zero-order chi connectivity index (χ0) is 14.4. The minimum atomic E-state index is 0.137. The molecule has 6 heteroatoms. The Morgan fingerprint density at radius 2 is 2.24 bits per heavy atom. The van der Waals surface area contributed by atoms with E-state index in [1.807, 2.05) is 10.7 Å². The Kier molecular flexibility index (Phi) is 3.19. The van der Waals surface area contributed by atoms with Gasteiger partial charge in [-0.1, -0.05) is 12.1 Å². The Morgan fingerprint density at radius 3 is 2.90 bits per heavy atom. The lowest BCUT2D eigenvalue weighted by atomic mass is 9.90. The SMILES string of the molecule is CC1(COc2ccc3c(nnn3CC3CC3)c2Br)COC1. The molecule has 0 radical (unpaired) electrons. The van der Waals surface area contributed by atoms with Crippen LogP contribution in [-0.4, -0.2) is 34.8 Å². The zero-order valence-corrected chi connectivity index (χ0v) is 13.6. The van der Waals surface area contributed by atoms with Gasteiger partial charge in [0.15, 0.2) is 0 Å². The fraction of sp³-hybridized carbons (Fsp3) is 0.600. The molecule has 1 aliphatic carbocycles. The van der Waals surface area contributed by atoms with Crippen LogP contribution in [0.1, 0.15) is 19.8 Å². The number of hydrogen-bond acceptors (Lipinski definition) is 4. The molecule has 4 rings (SSSR count). The van der Waals surface area contributed by atoms with E-state index in [0.717, 1.165) is 46.9 Å². The van der Waals surface area contributed by atoms with E-state index in [2.05, 4.69) is 39.2 Å². The number of benzene rings is 1. The number of fused-ring (bicyclic) bond motifs is 1. The van der Waals surface area contributed by atoms with Gasteiger partial charge >= 0.3 is 0 Å². The van der Waals surface area contributed by atoms with Crippen LogP contribution in [0.3, 0.4) is 0 Å². The van der Waals surface area contributed by atoms with E-state index in [0.29, 0.717) is 6.61 Å². The fourth-order valence-electron chi connectivity index (χ4n) is 2.56. The van der Waals surface area contributed by atoms with Crippen LogP contribution in [0, 0.1) is 11.3 Å². The van der Waals surface area contributed by atoms with Crippen molar-refractivity contribution in [1.82, 2.24) is 15.0 Å². The van der Waals surface area contributed by atoms with Crippen molar-refractivity contribution in [2.75, 3.05) is 19.8 Å². The summed E-state index contributed by atoms with van der Waals surface area (Å²) in [5, 5.41) is 8.57. The van der Waals surface area contributed by atoms with E-state index in [4.69, 9.17) is 9.47 Å². The van der Waals surface area contributed by atoms with Crippen molar-refractivity contribution in [3.05, 3.63) is 16.6 Å². The highest BCUT2D eigenvalue weighted by Crippen LogP contribution is 2.36. The lowest BCUT2D eigenvalue weighted by Gasteiger charge is -2.37. The summed E-state index contributed by atoms with van der Waals surface area (Å²) in [4.78, 5) is 0. The highest BCUT2D eigenvalue weighted by molar-refractivity contribution is 9.10. The van der Waals surface area contributed by atoms with Crippen LogP contribution in [0.25, 0.3) is 11.0 Å². The molecular formula is C15H18BrN3O2. The van der Waals surface area contributed by atoms with E-state index in [-0.39, 0.29) is 5.41 Å². The number of nitrogens with zero attached hydrogens (tertiary/aromatic N) is 3. The molecule has 0 unspecified atom stereocenters. The zero-order valence-electron chi connectivity index (χ0n) is 12.0. The summed E-state index contributed by atoms with van der Waals surface area (Å²) in [5.41, 5.74) is 2.08. The van der Waals surface area contributed by atoms with Gasteiger partial charge in [-0.25, -0.2) is 4.68 Å². The van der Waals surface area contributed by atoms with Crippen molar-refractivity contribution in [2.24, 2.45) is 11.3 Å². The summed E-state index contributed by atoms with van der Waals surface area (Å²) in [6.07, 6.45) is 2.62. The molecule has 112 valence electrons. The minimum absolute atomic E-state index is 0.137. The number of aromatic nitrogens is 3. The molecule has 2 aromatic rings. The Hall–Kier alpha value is -1.14. The number of rotatable bonds is 5. The summed E-state index contributed by atoms with van der Waals surface area (Å²) in [7, 11) is 0. The summed E-state index contributed by atoms with van der Waals surface area (Å²) in [6, 6.07) is 4.06. The molecule has 0 amide bonds. The summed E-state index contributed by atoms with van der Waals surface area (Å²) < 4.78 is 14.1. The third kappa shape index (κ3) is 2.55. The van der Waals surface area contributed by atoms with Gasteiger partial charge in [0.25, 0.3) is 0 Å². The molecule has 21 heavy (non-hydrogen) atoms. The monoisotopic (exact) mass is 351 g/mol. The molecule has 5 nitrogen and oxygen atoms in total. The molecule has 1 saturated carbocycles. The Bertz CT molecular complexity index is 677. The molecular weight excluding hydrogens is 334 g/mol. The predicted octanol–water partition coefficient (Wildman–Crippen LogP) is 3.02. The molecule has 0 N–H and O–H groups in total. The second-order valence-corrected chi connectivity index (χ2v) is 7.35. The summed E-state index contributed by atoms with van der Waals surface area (Å²) in [5.74, 6) is 1.61. The molecule has 1 aliphatic heterocycles. The highest BCUT2D eigenvalue weighted by atomic mass is 79.9. The normalized spacial score (nSPS) is 20.5. The van der Waals surface area contributed by atoms with Crippen LogP contribution < -0.4 is 4.74 Å². The quantitative estimate of drug-likeness (QED) is 0.830. The summed E-state index contributed by atoms with van der Waals surface area (Å²) in [6.45, 7) is 5.34. The molecule has 2 heterocycles. The van der Waals surface area contributed by atoms with Crippen molar-refractivity contribution < 1.29 is 9.47 Å². The first-order chi connectivity index (χ1) is 10.1. The first kappa shape index (κ1) is 13.5. The predicted molar refractivity (Wildman–Crippen MR) is 82.4 cm³/mol. The van der Waals surface area contributed by atoms with Crippen LogP contribution >= 0.6 is 15.9 Å². The number of halogens is 1. The summed E-state index contributed by atoms with van der Waals surface area (Å²) >= 11 is 3.61. The van der Waals surface area contributed by atoms with Crippen molar-refractivity contribution in [3.63, 3.8) is 0 Å². The highest BCUT2D eigenvalue weighted by Gasteiger charge is 2.34. The Labute approximate surface area is 131 Å². The van der Waals surface area contributed by atoms with Gasteiger partial charge in [-0.2, -0.15) is 0 Å². The fourth-order valence-corrected chi connectivity index (χ4v) is 3.09. The van der Waals surface area contributed by atoms with Crippen molar-refractivity contribution in [1.29, 1.82) is 0 Å². The maximum absolute atomic E-state index is 5.95. The van der Waals surface area contributed by atoms with Crippen LogP contribution in [0.5, 0.6) is 5.75 Å². The van der Waals surface area contributed by atoms with Crippen LogP contribution in [0.4, 0.5) is 0 Å². The van der Waals surface area contributed by atoms with Crippen LogP contribution in [-0.2, 0) is 11.3 Å². The molecule has 2 fully saturated rings. The van der Waals surface area contributed by atoms with E-state index >= 15 is 0 Å². The maximum Gasteiger partial charge on any atom is 0.135 e. The van der Waals surface area contributed by atoms with Crippen molar-refractivity contribution in [2.45, 2.75) is 26.3 Å². The molecule has 0 spiro atoms. The van der Waals surface area contributed by atoms with E-state index in [1.165, 1.54) is 12.8 Å². The molecule has 1 aromatic carbocycles. The lowest BCUT2D eigenvalue weighted by molar-refractivity contribution is -0.120. The Balaban J connectivity index is 1.57. The number of ether oxygens (including phenoxy) is 2. The topological polar surface area (TPSA) is 49.2 Å². The first-order valence-corrected chi connectivity index (χ1v) is 8.16. The van der Waals surface area contributed by atoms with Crippen LogP contribution in [0.15, 0.2) is 16.6 Å². The second kappa shape index (κ2) is 4.95.